The molecule has 0 radical (unpaired) electrons. The van der Waals surface area contributed by atoms with Crippen LogP contribution in [0.1, 0.15) is 174 Å². The van der Waals surface area contributed by atoms with Crippen molar-refractivity contribution < 1.29 is 38.3 Å². The van der Waals surface area contributed by atoms with Crippen LogP contribution in [0.15, 0.2) is 12.2 Å². The van der Waals surface area contributed by atoms with E-state index in [-0.39, 0.29) is 18.7 Å². The maximum Gasteiger partial charge on any atom is 0.473 e. The fourth-order valence-electron chi connectivity index (χ4n) is 5.70. The van der Waals surface area contributed by atoms with Crippen LogP contribution < -0.4 is 5.73 Å². The summed E-state index contributed by atoms with van der Waals surface area (Å²) in [5, 5.41) is 18.4. The Bertz CT molecular complexity index is 824. The van der Waals surface area contributed by atoms with Crippen molar-refractivity contribution in [2.75, 3.05) is 19.8 Å². The smallest absolute Gasteiger partial charge is 0.394 e. The van der Waals surface area contributed by atoms with Crippen molar-refractivity contribution >= 4 is 19.4 Å². The molecule has 4 atom stereocenters. The lowest BCUT2D eigenvalue weighted by molar-refractivity contribution is -0.138. The molecule has 0 amide bonds. The summed E-state index contributed by atoms with van der Waals surface area (Å²) < 4.78 is 22.2. The SMILES string of the molecule is CCCCCCCC/C=C\CCCCCCC(C(=O)CCCCCCCCCCCCC)C(=O)C(CN)OP(=O)(O)OCC(O)CO. The first-order valence-corrected chi connectivity index (χ1v) is 20.6. The fraction of sp³-hybridized carbons (Fsp3) is 0.892. The Morgan fingerprint density at radius 1 is 0.723 bits per heavy atom. The standard InChI is InChI=1S/C37H72NO8P/c1-3-5-7-9-11-13-15-16-17-19-20-22-24-26-28-34(35(41)29-27-25-23-21-18-14-12-10-8-6-4-2)37(42)36(30-38)46-47(43,44)45-32-33(40)31-39/h16-17,33-34,36,39-40H,3-15,18-32,38H2,1-2H3,(H,43,44)/b17-16-. The number of allylic oxidation sites excluding steroid dienone is 2. The maximum absolute atomic E-state index is 13.4. The Kier molecular flexibility index (Phi) is 31.6. The van der Waals surface area contributed by atoms with E-state index in [1.807, 2.05) is 0 Å². The van der Waals surface area contributed by atoms with Crippen molar-refractivity contribution in [2.24, 2.45) is 11.7 Å². The first-order chi connectivity index (χ1) is 22.7. The number of hydrogen-bond donors (Lipinski definition) is 4. The average Bonchev–Trinajstić information content (AvgIpc) is 3.06. The van der Waals surface area contributed by atoms with Gasteiger partial charge in [0.1, 0.15) is 18.0 Å². The van der Waals surface area contributed by atoms with Gasteiger partial charge >= 0.3 is 7.82 Å². The third-order valence-electron chi connectivity index (χ3n) is 8.70. The van der Waals surface area contributed by atoms with Gasteiger partial charge in [-0.3, -0.25) is 18.6 Å². The molecule has 0 heterocycles. The van der Waals surface area contributed by atoms with Gasteiger partial charge in [-0.1, -0.05) is 142 Å². The van der Waals surface area contributed by atoms with Crippen molar-refractivity contribution in [2.45, 2.75) is 187 Å². The van der Waals surface area contributed by atoms with Gasteiger partial charge in [-0.25, -0.2) is 4.57 Å². The van der Waals surface area contributed by atoms with Crippen LogP contribution in [0.25, 0.3) is 0 Å². The highest BCUT2D eigenvalue weighted by molar-refractivity contribution is 7.47. The normalized spacial score (nSPS) is 15.1. The number of aliphatic hydroxyl groups is 2. The molecule has 0 aliphatic carbocycles. The predicted octanol–water partition coefficient (Wildman–Crippen LogP) is 8.90. The molecule has 0 spiro atoms. The molecule has 0 fully saturated rings. The zero-order chi connectivity index (χ0) is 35.0. The molecule has 5 N–H and O–H groups in total. The monoisotopic (exact) mass is 689 g/mol. The second-order valence-corrected chi connectivity index (χ2v) is 14.6. The van der Waals surface area contributed by atoms with Crippen molar-refractivity contribution in [3.63, 3.8) is 0 Å². The number of phosphoric ester groups is 1. The van der Waals surface area contributed by atoms with Gasteiger partial charge in [-0.05, 0) is 38.5 Å². The zero-order valence-electron chi connectivity index (χ0n) is 30.1. The van der Waals surface area contributed by atoms with Crippen LogP contribution in [-0.4, -0.2) is 58.6 Å². The molecule has 0 aromatic carbocycles. The van der Waals surface area contributed by atoms with Gasteiger partial charge in [0.2, 0.25) is 0 Å². The van der Waals surface area contributed by atoms with Crippen LogP contribution in [0.4, 0.5) is 0 Å². The van der Waals surface area contributed by atoms with Gasteiger partial charge in [0.15, 0.2) is 5.78 Å². The summed E-state index contributed by atoms with van der Waals surface area (Å²) in [4.78, 5) is 36.8. The van der Waals surface area contributed by atoms with Gasteiger partial charge in [0.05, 0.1) is 19.1 Å². The molecule has 0 saturated heterocycles. The van der Waals surface area contributed by atoms with E-state index in [1.54, 1.807) is 0 Å². The van der Waals surface area contributed by atoms with Crippen molar-refractivity contribution in [3.8, 4) is 0 Å². The molecule has 10 heteroatoms. The Morgan fingerprint density at radius 2 is 1.17 bits per heavy atom. The minimum atomic E-state index is -4.76. The van der Waals surface area contributed by atoms with Gasteiger partial charge in [0.25, 0.3) is 0 Å². The van der Waals surface area contributed by atoms with Crippen LogP contribution in [0.5, 0.6) is 0 Å². The number of nitrogens with two attached hydrogens (primary N) is 1. The molecule has 0 aliphatic rings. The number of Topliss-reactive ketones (excluding diaryl/α,β-unsaturated/α-hetero) is 2. The number of rotatable bonds is 36. The van der Waals surface area contributed by atoms with Crippen molar-refractivity contribution in [1.82, 2.24) is 0 Å². The largest absolute Gasteiger partial charge is 0.473 e. The first kappa shape index (κ1) is 46.1. The third-order valence-corrected chi connectivity index (χ3v) is 9.69. The molecular weight excluding hydrogens is 617 g/mol. The minimum Gasteiger partial charge on any atom is -0.394 e. The molecule has 0 aromatic rings. The quantitative estimate of drug-likeness (QED) is 0.0218. The summed E-state index contributed by atoms with van der Waals surface area (Å²) in [5.74, 6) is -1.72. The first-order valence-electron chi connectivity index (χ1n) is 19.1. The summed E-state index contributed by atoms with van der Waals surface area (Å²) in [7, 11) is -4.76. The lowest BCUT2D eigenvalue weighted by atomic mass is 9.87. The molecule has 0 aliphatic heterocycles. The molecule has 0 rings (SSSR count). The highest BCUT2D eigenvalue weighted by atomic mass is 31.2. The lowest BCUT2D eigenvalue weighted by Crippen LogP contribution is -2.39. The van der Waals surface area contributed by atoms with Gasteiger partial charge < -0.3 is 20.8 Å². The summed E-state index contributed by atoms with van der Waals surface area (Å²) in [6, 6.07) is 0. The Balaban J connectivity index is 4.78. The molecule has 0 saturated carbocycles. The second kappa shape index (κ2) is 32.3. The van der Waals surface area contributed by atoms with Crippen LogP contribution in [0.2, 0.25) is 0 Å². The van der Waals surface area contributed by atoms with E-state index in [0.29, 0.717) is 19.3 Å². The Labute approximate surface area is 287 Å². The number of hydrogen-bond acceptors (Lipinski definition) is 8. The zero-order valence-corrected chi connectivity index (χ0v) is 31.0. The van der Waals surface area contributed by atoms with Gasteiger partial charge in [0, 0.05) is 13.0 Å². The number of carbonyl (C=O) groups excluding carboxylic acids is 2. The van der Waals surface area contributed by atoms with Crippen molar-refractivity contribution in [1.29, 1.82) is 0 Å². The lowest BCUT2D eigenvalue weighted by Gasteiger charge is -2.23. The average molecular weight is 690 g/mol. The highest BCUT2D eigenvalue weighted by Crippen LogP contribution is 2.45. The van der Waals surface area contributed by atoms with Crippen LogP contribution in [0, 0.1) is 5.92 Å². The highest BCUT2D eigenvalue weighted by Gasteiger charge is 2.36. The fourth-order valence-corrected chi connectivity index (χ4v) is 6.63. The van der Waals surface area contributed by atoms with E-state index in [2.05, 4.69) is 26.0 Å². The van der Waals surface area contributed by atoms with Crippen LogP contribution in [0.3, 0.4) is 0 Å². The number of unbranched alkanes of at least 4 members (excludes halogenated alkanes) is 20. The van der Waals surface area contributed by atoms with E-state index in [4.69, 9.17) is 19.9 Å². The van der Waals surface area contributed by atoms with Crippen LogP contribution >= 0.6 is 7.82 Å². The Hall–Kier alpha value is -0.930. The number of phosphoric acid groups is 1. The molecule has 278 valence electrons. The Morgan fingerprint density at radius 3 is 1.64 bits per heavy atom. The maximum atomic E-state index is 13.4. The summed E-state index contributed by atoms with van der Waals surface area (Å²) in [6.45, 7) is 2.76. The van der Waals surface area contributed by atoms with E-state index in [0.717, 1.165) is 51.4 Å². The summed E-state index contributed by atoms with van der Waals surface area (Å²) in [5.41, 5.74) is 5.75. The molecule has 0 bridgehead atoms. The third kappa shape index (κ3) is 27.6. The molecule has 47 heavy (non-hydrogen) atoms. The van der Waals surface area contributed by atoms with Gasteiger partial charge in [-0.15, -0.1) is 0 Å². The van der Waals surface area contributed by atoms with Crippen LogP contribution in [-0.2, 0) is 23.2 Å². The van der Waals surface area contributed by atoms with E-state index < -0.39 is 44.9 Å². The van der Waals surface area contributed by atoms with Crippen molar-refractivity contribution in [3.05, 3.63) is 12.2 Å². The second-order valence-electron chi connectivity index (χ2n) is 13.2. The molecule has 4 unspecified atom stereocenters. The van der Waals surface area contributed by atoms with E-state index >= 15 is 0 Å². The predicted molar refractivity (Wildman–Crippen MR) is 192 cm³/mol. The number of aliphatic hydroxyl groups excluding tert-OH is 2. The van der Waals surface area contributed by atoms with E-state index in [9.17, 15) is 24.2 Å². The number of ketones is 2. The minimum absolute atomic E-state index is 0.171. The molecule has 0 aromatic heterocycles. The summed E-state index contributed by atoms with van der Waals surface area (Å²) in [6.07, 6.45) is 28.7. The molecular formula is C37H72NO8P. The van der Waals surface area contributed by atoms with Gasteiger partial charge in [-0.2, -0.15) is 0 Å². The van der Waals surface area contributed by atoms with E-state index in [1.165, 1.54) is 83.5 Å². The number of carbonyl (C=O) groups is 2. The topological polar surface area (TPSA) is 156 Å². The molecule has 9 nitrogen and oxygen atoms in total. The summed E-state index contributed by atoms with van der Waals surface area (Å²) >= 11 is 0.